The maximum Gasteiger partial charge on any atom is 0.0895 e. The SMILES string of the molecule is OC1(CNC2CC2)CCCNC1. The lowest BCUT2D eigenvalue weighted by atomic mass is 9.94. The zero-order chi connectivity index (χ0) is 8.44. The highest BCUT2D eigenvalue weighted by Gasteiger charge is 2.31. The van der Waals surface area contributed by atoms with E-state index in [-0.39, 0.29) is 0 Å². The van der Waals surface area contributed by atoms with Gasteiger partial charge in [0.15, 0.2) is 0 Å². The Balaban J connectivity index is 1.73. The second-order valence-electron chi connectivity index (χ2n) is 4.16. The Morgan fingerprint density at radius 2 is 2.33 bits per heavy atom. The second kappa shape index (κ2) is 3.32. The van der Waals surface area contributed by atoms with Crippen LogP contribution in [0, 0.1) is 0 Å². The number of piperidine rings is 1. The highest BCUT2D eigenvalue weighted by molar-refractivity contribution is 4.91. The van der Waals surface area contributed by atoms with E-state index in [4.69, 9.17) is 0 Å². The zero-order valence-electron chi connectivity index (χ0n) is 7.47. The van der Waals surface area contributed by atoms with E-state index in [1.54, 1.807) is 0 Å². The molecule has 2 aliphatic rings. The van der Waals surface area contributed by atoms with Crippen LogP contribution in [0.4, 0.5) is 0 Å². The lowest BCUT2D eigenvalue weighted by Gasteiger charge is -2.32. The summed E-state index contributed by atoms with van der Waals surface area (Å²) in [6.45, 7) is 2.59. The summed E-state index contributed by atoms with van der Waals surface area (Å²) >= 11 is 0. The molecule has 0 aromatic carbocycles. The molecule has 3 N–H and O–H groups in total. The number of hydrogen-bond acceptors (Lipinski definition) is 3. The highest BCUT2D eigenvalue weighted by Crippen LogP contribution is 2.21. The molecule has 1 unspecified atom stereocenters. The van der Waals surface area contributed by atoms with Crippen molar-refractivity contribution in [3.05, 3.63) is 0 Å². The van der Waals surface area contributed by atoms with Crippen LogP contribution in [-0.4, -0.2) is 36.4 Å². The van der Waals surface area contributed by atoms with Crippen molar-refractivity contribution in [2.45, 2.75) is 37.3 Å². The molecule has 3 nitrogen and oxygen atoms in total. The Hall–Kier alpha value is -0.120. The van der Waals surface area contributed by atoms with Gasteiger partial charge in [0, 0.05) is 19.1 Å². The molecule has 2 fully saturated rings. The van der Waals surface area contributed by atoms with Crippen LogP contribution in [-0.2, 0) is 0 Å². The zero-order valence-corrected chi connectivity index (χ0v) is 7.47. The molecular weight excluding hydrogens is 152 g/mol. The molecule has 2 rings (SSSR count). The molecule has 1 aliphatic heterocycles. The van der Waals surface area contributed by atoms with Crippen molar-refractivity contribution in [3.63, 3.8) is 0 Å². The van der Waals surface area contributed by atoms with Crippen LogP contribution in [0.15, 0.2) is 0 Å². The molecule has 0 radical (unpaired) electrons. The Morgan fingerprint density at radius 3 is 2.92 bits per heavy atom. The molecule has 0 amide bonds. The van der Waals surface area contributed by atoms with Crippen molar-refractivity contribution in [2.75, 3.05) is 19.6 Å². The van der Waals surface area contributed by atoms with Gasteiger partial charge in [0.2, 0.25) is 0 Å². The van der Waals surface area contributed by atoms with Crippen molar-refractivity contribution >= 4 is 0 Å². The minimum Gasteiger partial charge on any atom is -0.387 e. The Labute approximate surface area is 73.5 Å². The Kier molecular flexibility index (Phi) is 2.35. The lowest BCUT2D eigenvalue weighted by Crippen LogP contribution is -2.52. The molecule has 0 aromatic rings. The standard InChI is InChI=1S/C9H18N2O/c12-9(4-1-5-10-6-9)7-11-8-2-3-8/h8,10-12H,1-7H2. The summed E-state index contributed by atoms with van der Waals surface area (Å²) in [6, 6.07) is 0.705. The van der Waals surface area contributed by atoms with Gasteiger partial charge in [-0.25, -0.2) is 0 Å². The van der Waals surface area contributed by atoms with Gasteiger partial charge >= 0.3 is 0 Å². The number of hydrogen-bond donors (Lipinski definition) is 3. The molecule has 1 saturated heterocycles. The minimum atomic E-state index is -0.471. The number of β-amino-alcohol motifs (C(OH)–C–C–N with tert-alkyl or cyclic N) is 1. The molecule has 0 bridgehead atoms. The first kappa shape index (κ1) is 8.48. The molecule has 3 heteroatoms. The summed E-state index contributed by atoms with van der Waals surface area (Å²) in [5.74, 6) is 0. The smallest absolute Gasteiger partial charge is 0.0895 e. The van der Waals surface area contributed by atoms with Gasteiger partial charge in [0.1, 0.15) is 0 Å². The lowest BCUT2D eigenvalue weighted by molar-refractivity contribution is 0.0168. The van der Waals surface area contributed by atoms with Gasteiger partial charge < -0.3 is 15.7 Å². The van der Waals surface area contributed by atoms with Crippen molar-refractivity contribution < 1.29 is 5.11 Å². The van der Waals surface area contributed by atoms with Crippen molar-refractivity contribution in [1.82, 2.24) is 10.6 Å². The molecule has 1 aliphatic carbocycles. The molecule has 0 spiro atoms. The van der Waals surface area contributed by atoms with Gasteiger partial charge in [-0.2, -0.15) is 0 Å². The van der Waals surface area contributed by atoms with Crippen LogP contribution < -0.4 is 10.6 Å². The predicted molar refractivity (Wildman–Crippen MR) is 48.1 cm³/mol. The monoisotopic (exact) mass is 170 g/mol. The molecule has 1 saturated carbocycles. The molecule has 1 heterocycles. The van der Waals surface area contributed by atoms with Crippen LogP contribution in [0.25, 0.3) is 0 Å². The Bertz CT molecular complexity index is 151. The largest absolute Gasteiger partial charge is 0.387 e. The van der Waals surface area contributed by atoms with E-state index in [2.05, 4.69) is 10.6 Å². The number of aliphatic hydroxyl groups is 1. The van der Waals surface area contributed by atoms with Gasteiger partial charge in [0.05, 0.1) is 5.60 Å². The number of rotatable bonds is 3. The predicted octanol–water partition coefficient (Wildman–Crippen LogP) is -0.147. The van der Waals surface area contributed by atoms with Crippen LogP contribution in [0.5, 0.6) is 0 Å². The first-order valence-electron chi connectivity index (χ1n) is 4.95. The fourth-order valence-corrected chi connectivity index (χ4v) is 1.72. The first-order valence-corrected chi connectivity index (χ1v) is 4.95. The third-order valence-electron chi connectivity index (χ3n) is 2.75. The van der Waals surface area contributed by atoms with Crippen LogP contribution in [0.1, 0.15) is 25.7 Å². The van der Waals surface area contributed by atoms with Crippen LogP contribution in [0.3, 0.4) is 0 Å². The molecule has 12 heavy (non-hydrogen) atoms. The third kappa shape index (κ3) is 2.19. The van der Waals surface area contributed by atoms with Gasteiger partial charge in [-0.3, -0.25) is 0 Å². The summed E-state index contributed by atoms with van der Waals surface area (Å²) in [4.78, 5) is 0. The fourth-order valence-electron chi connectivity index (χ4n) is 1.72. The average Bonchev–Trinajstić information content (AvgIpc) is 2.85. The van der Waals surface area contributed by atoms with Crippen molar-refractivity contribution in [3.8, 4) is 0 Å². The maximum atomic E-state index is 10.0. The maximum absolute atomic E-state index is 10.0. The molecule has 0 aromatic heterocycles. The van der Waals surface area contributed by atoms with E-state index in [1.165, 1.54) is 12.8 Å². The summed E-state index contributed by atoms with van der Waals surface area (Å²) in [7, 11) is 0. The molecular formula is C9H18N2O. The first-order chi connectivity index (χ1) is 5.79. The van der Waals surface area contributed by atoms with Crippen molar-refractivity contribution in [1.29, 1.82) is 0 Å². The van der Waals surface area contributed by atoms with Gasteiger partial charge in [-0.05, 0) is 32.2 Å². The molecule has 70 valence electrons. The van der Waals surface area contributed by atoms with E-state index < -0.39 is 5.60 Å². The fraction of sp³-hybridized carbons (Fsp3) is 1.00. The van der Waals surface area contributed by atoms with E-state index in [0.717, 1.165) is 32.5 Å². The summed E-state index contributed by atoms with van der Waals surface area (Å²) in [5.41, 5.74) is -0.471. The van der Waals surface area contributed by atoms with E-state index in [0.29, 0.717) is 6.04 Å². The van der Waals surface area contributed by atoms with E-state index in [1.807, 2.05) is 0 Å². The highest BCUT2D eigenvalue weighted by atomic mass is 16.3. The van der Waals surface area contributed by atoms with E-state index in [9.17, 15) is 5.11 Å². The topological polar surface area (TPSA) is 44.3 Å². The van der Waals surface area contributed by atoms with E-state index >= 15 is 0 Å². The Morgan fingerprint density at radius 1 is 1.50 bits per heavy atom. The minimum absolute atomic E-state index is 0.471. The van der Waals surface area contributed by atoms with Crippen LogP contribution in [0.2, 0.25) is 0 Å². The molecule has 1 atom stereocenters. The summed E-state index contributed by atoms with van der Waals surface area (Å²) in [5, 5.41) is 16.6. The quantitative estimate of drug-likeness (QED) is 0.552. The van der Waals surface area contributed by atoms with Gasteiger partial charge in [-0.15, -0.1) is 0 Å². The average molecular weight is 170 g/mol. The second-order valence-corrected chi connectivity index (χ2v) is 4.16. The summed E-state index contributed by atoms with van der Waals surface area (Å²) < 4.78 is 0. The van der Waals surface area contributed by atoms with Gasteiger partial charge in [-0.1, -0.05) is 0 Å². The number of nitrogens with one attached hydrogen (secondary N) is 2. The summed E-state index contributed by atoms with van der Waals surface area (Å²) in [6.07, 6.45) is 4.63. The van der Waals surface area contributed by atoms with Crippen molar-refractivity contribution in [2.24, 2.45) is 0 Å². The van der Waals surface area contributed by atoms with Crippen LogP contribution >= 0.6 is 0 Å². The van der Waals surface area contributed by atoms with Gasteiger partial charge in [0.25, 0.3) is 0 Å². The normalized spacial score (nSPS) is 36.8. The third-order valence-corrected chi connectivity index (χ3v) is 2.75.